The number of hydrogen-bond acceptors (Lipinski definition) is 6. The van der Waals surface area contributed by atoms with E-state index in [0.29, 0.717) is 0 Å². The second-order valence-electron chi connectivity index (χ2n) is 4.14. The molecule has 9 heteroatoms. The number of esters is 1. The van der Waals surface area contributed by atoms with Crippen LogP contribution in [0.3, 0.4) is 0 Å². The Morgan fingerprint density at radius 2 is 2.05 bits per heavy atom. The van der Waals surface area contributed by atoms with Gasteiger partial charge < -0.3 is 14.6 Å². The molecule has 2 N–H and O–H groups in total. The molecule has 0 aromatic heterocycles. The number of hydrogen-bond donors (Lipinski definition) is 2. The third-order valence-corrected chi connectivity index (χ3v) is 4.19. The Hall–Kier alpha value is -2.00. The van der Waals surface area contributed by atoms with Gasteiger partial charge in [-0.25, -0.2) is 0 Å². The molecular weight excluding hydrogens is 300 g/mol. The van der Waals surface area contributed by atoms with E-state index in [9.17, 15) is 18.3 Å². The molecule has 0 atom stereocenters. The Balaban J connectivity index is 2.75. The smallest absolute Gasteiger partial charge is 0.306 e. The number of phenols is 1. The summed E-state index contributed by atoms with van der Waals surface area (Å²) in [5.74, 6) is -0.453. The Kier molecular flexibility index (Phi) is 5.79. The molecule has 0 bridgehead atoms. The van der Waals surface area contributed by atoms with Crippen molar-refractivity contribution in [2.24, 2.45) is 0 Å². The summed E-state index contributed by atoms with van der Waals surface area (Å²) in [5.41, 5.74) is 0.179. The van der Waals surface area contributed by atoms with Gasteiger partial charge in [-0.2, -0.15) is 12.7 Å². The summed E-state index contributed by atoms with van der Waals surface area (Å²) in [6.45, 7) is -0.0237. The van der Waals surface area contributed by atoms with Gasteiger partial charge in [0.15, 0.2) is 11.5 Å². The normalized spacial score (nSPS) is 11.2. The molecule has 1 rings (SSSR count). The molecule has 21 heavy (non-hydrogen) atoms. The van der Waals surface area contributed by atoms with Crippen molar-refractivity contribution < 1.29 is 27.8 Å². The molecule has 118 valence electrons. The first-order chi connectivity index (χ1) is 9.80. The van der Waals surface area contributed by atoms with Crippen molar-refractivity contribution in [2.75, 3.05) is 32.5 Å². The fourth-order valence-electron chi connectivity index (χ4n) is 1.45. The Bertz CT molecular complexity index is 602. The number of phenolic OH excluding ortho intramolecular Hbond substituents is 1. The van der Waals surface area contributed by atoms with Crippen LogP contribution >= 0.6 is 0 Å². The summed E-state index contributed by atoms with van der Waals surface area (Å²) in [4.78, 5) is 11.0. The average molecular weight is 318 g/mol. The maximum atomic E-state index is 12.0. The molecule has 0 saturated heterocycles. The number of aromatic hydroxyl groups is 1. The van der Waals surface area contributed by atoms with Crippen LogP contribution in [-0.2, 0) is 19.7 Å². The molecule has 0 aliphatic heterocycles. The summed E-state index contributed by atoms with van der Waals surface area (Å²) in [7, 11) is 0.118. The highest BCUT2D eigenvalue weighted by Crippen LogP contribution is 2.29. The summed E-state index contributed by atoms with van der Waals surface area (Å²) >= 11 is 0. The minimum Gasteiger partial charge on any atom is -0.504 e. The molecular formula is C12H18N2O6S. The number of methoxy groups -OCH3 is 2. The Morgan fingerprint density at radius 3 is 2.57 bits per heavy atom. The van der Waals surface area contributed by atoms with Crippen LogP contribution in [0.4, 0.5) is 5.69 Å². The van der Waals surface area contributed by atoms with Crippen molar-refractivity contribution in [3.05, 3.63) is 18.2 Å². The number of anilines is 1. The van der Waals surface area contributed by atoms with Crippen LogP contribution in [0, 0.1) is 0 Å². The van der Waals surface area contributed by atoms with Crippen molar-refractivity contribution in [1.82, 2.24) is 4.31 Å². The molecule has 0 amide bonds. The quantitative estimate of drug-likeness (QED) is 0.711. The number of ether oxygens (including phenoxy) is 2. The zero-order chi connectivity index (χ0) is 16.0. The van der Waals surface area contributed by atoms with Gasteiger partial charge in [0, 0.05) is 19.7 Å². The van der Waals surface area contributed by atoms with Crippen LogP contribution in [0.15, 0.2) is 18.2 Å². The van der Waals surface area contributed by atoms with E-state index < -0.39 is 16.2 Å². The lowest BCUT2D eigenvalue weighted by Crippen LogP contribution is -2.34. The van der Waals surface area contributed by atoms with Crippen LogP contribution in [-0.4, -0.2) is 51.6 Å². The highest BCUT2D eigenvalue weighted by atomic mass is 32.2. The lowest BCUT2D eigenvalue weighted by molar-refractivity contribution is -0.140. The van der Waals surface area contributed by atoms with Crippen LogP contribution in [0.25, 0.3) is 0 Å². The highest BCUT2D eigenvalue weighted by molar-refractivity contribution is 7.90. The van der Waals surface area contributed by atoms with Crippen molar-refractivity contribution >= 4 is 21.9 Å². The Labute approximate surface area is 123 Å². The molecule has 0 spiro atoms. The topological polar surface area (TPSA) is 105 Å². The highest BCUT2D eigenvalue weighted by Gasteiger charge is 2.19. The number of benzene rings is 1. The number of nitrogens with one attached hydrogen (secondary N) is 1. The minimum absolute atomic E-state index is 0.0237. The number of carbonyl (C=O) groups excluding carboxylic acids is 1. The second kappa shape index (κ2) is 7.14. The van der Waals surface area contributed by atoms with Gasteiger partial charge >= 0.3 is 16.2 Å². The predicted octanol–water partition coefficient (Wildman–Crippen LogP) is 0.552. The van der Waals surface area contributed by atoms with Crippen LogP contribution in [0.2, 0.25) is 0 Å². The van der Waals surface area contributed by atoms with E-state index in [1.807, 2.05) is 0 Å². The fraction of sp³-hybridized carbons (Fsp3) is 0.417. The zero-order valence-corrected chi connectivity index (χ0v) is 12.8. The summed E-state index contributed by atoms with van der Waals surface area (Å²) < 4.78 is 36.6. The minimum atomic E-state index is -3.83. The molecule has 8 nitrogen and oxygen atoms in total. The number of rotatable bonds is 7. The first kappa shape index (κ1) is 17.1. The van der Waals surface area contributed by atoms with Gasteiger partial charge in [-0.3, -0.25) is 9.52 Å². The molecule has 0 heterocycles. The predicted molar refractivity (Wildman–Crippen MR) is 76.5 cm³/mol. The second-order valence-corrected chi connectivity index (χ2v) is 5.92. The first-order valence-corrected chi connectivity index (χ1v) is 7.42. The zero-order valence-electron chi connectivity index (χ0n) is 12.0. The van der Waals surface area contributed by atoms with E-state index in [2.05, 4.69) is 9.46 Å². The molecule has 0 radical (unpaired) electrons. The standard InChI is InChI=1S/C12H18N2O6S/c1-14(7-6-12(16)20-3)21(17,18)13-9-4-5-11(19-2)10(15)8-9/h4-5,8,13,15H,6-7H2,1-3H3. The van der Waals surface area contributed by atoms with E-state index in [1.165, 1.54) is 39.5 Å². The summed E-state index contributed by atoms with van der Waals surface area (Å²) in [5, 5.41) is 9.60. The van der Waals surface area contributed by atoms with Crippen molar-refractivity contribution in [2.45, 2.75) is 6.42 Å². The first-order valence-electron chi connectivity index (χ1n) is 5.98. The largest absolute Gasteiger partial charge is 0.504 e. The van der Waals surface area contributed by atoms with Crippen molar-refractivity contribution in [3.8, 4) is 11.5 Å². The van der Waals surface area contributed by atoms with Crippen molar-refractivity contribution in [1.29, 1.82) is 0 Å². The molecule has 0 aliphatic rings. The van der Waals surface area contributed by atoms with Crippen LogP contribution in [0.1, 0.15) is 6.42 Å². The average Bonchev–Trinajstić information content (AvgIpc) is 2.44. The van der Waals surface area contributed by atoms with E-state index in [4.69, 9.17) is 4.74 Å². The SMILES string of the molecule is COC(=O)CCN(C)S(=O)(=O)Nc1ccc(OC)c(O)c1. The third kappa shape index (κ3) is 4.80. The van der Waals surface area contributed by atoms with Gasteiger partial charge in [0.1, 0.15) is 0 Å². The van der Waals surface area contributed by atoms with E-state index in [0.717, 1.165) is 4.31 Å². The fourth-order valence-corrected chi connectivity index (χ4v) is 2.36. The maximum absolute atomic E-state index is 12.0. The Morgan fingerprint density at radius 1 is 1.38 bits per heavy atom. The van der Waals surface area contributed by atoms with Gasteiger partial charge in [-0.05, 0) is 12.1 Å². The van der Waals surface area contributed by atoms with E-state index in [-0.39, 0.29) is 30.2 Å². The molecule has 0 aliphatic carbocycles. The maximum Gasteiger partial charge on any atom is 0.306 e. The van der Waals surface area contributed by atoms with E-state index in [1.54, 1.807) is 0 Å². The number of nitrogens with zero attached hydrogens (tertiary/aromatic N) is 1. The van der Waals surface area contributed by atoms with Gasteiger partial charge in [-0.15, -0.1) is 0 Å². The van der Waals surface area contributed by atoms with Gasteiger partial charge in [0.25, 0.3) is 0 Å². The van der Waals surface area contributed by atoms with Crippen LogP contribution < -0.4 is 9.46 Å². The lowest BCUT2D eigenvalue weighted by atomic mass is 10.3. The van der Waals surface area contributed by atoms with E-state index >= 15 is 0 Å². The summed E-state index contributed by atoms with van der Waals surface area (Å²) in [6, 6.07) is 4.11. The monoisotopic (exact) mass is 318 g/mol. The lowest BCUT2D eigenvalue weighted by Gasteiger charge is -2.18. The third-order valence-electron chi connectivity index (χ3n) is 2.69. The number of carbonyl (C=O) groups is 1. The molecule has 0 fully saturated rings. The molecule has 1 aromatic carbocycles. The van der Waals surface area contributed by atoms with Gasteiger partial charge in [0.05, 0.1) is 26.3 Å². The van der Waals surface area contributed by atoms with Gasteiger partial charge in [0.2, 0.25) is 0 Å². The van der Waals surface area contributed by atoms with Crippen molar-refractivity contribution in [3.63, 3.8) is 0 Å². The summed E-state index contributed by atoms with van der Waals surface area (Å²) in [6.07, 6.45) is -0.0538. The van der Waals surface area contributed by atoms with Gasteiger partial charge in [-0.1, -0.05) is 0 Å². The molecule has 0 unspecified atom stereocenters. The molecule has 0 saturated carbocycles. The van der Waals surface area contributed by atoms with Crippen LogP contribution in [0.5, 0.6) is 11.5 Å². The molecule has 1 aromatic rings.